The molecule has 9 aromatic carbocycles. The maximum Gasteiger partial charge on any atom is 0.215 e. The average Bonchev–Trinajstić information content (AvgIpc) is 1.87. The molecule has 6 heteroatoms. The van der Waals surface area contributed by atoms with Crippen molar-refractivity contribution in [3.8, 4) is 33.5 Å². The molecule has 0 unspecified atom stereocenters. The van der Waals surface area contributed by atoms with Gasteiger partial charge in [0.15, 0.2) is 0 Å². The Balaban J connectivity index is 0.000000249. The van der Waals surface area contributed by atoms with Crippen LogP contribution in [0.4, 0.5) is 0 Å². The Morgan fingerprint density at radius 3 is 1.27 bits per heavy atom. The van der Waals surface area contributed by atoms with E-state index in [0.717, 1.165) is 50.2 Å². The molecule has 0 bridgehead atoms. The van der Waals surface area contributed by atoms with Gasteiger partial charge in [-0.1, -0.05) is 309 Å². The Morgan fingerprint density at radius 2 is 0.719 bits per heavy atom. The molecule has 3 aliphatic carbocycles. The lowest BCUT2D eigenvalue weighted by Crippen LogP contribution is -1.99. The highest BCUT2D eigenvalue weighted by atomic mass is 15.2. The van der Waals surface area contributed by atoms with Gasteiger partial charge in [-0.2, -0.15) is 0 Å². The molecule has 17 rings (SSSR count). The third-order valence-electron chi connectivity index (χ3n) is 16.4. The lowest BCUT2D eigenvalue weighted by atomic mass is 10.0. The van der Waals surface area contributed by atoms with E-state index in [1.54, 1.807) is 0 Å². The van der Waals surface area contributed by atoms with E-state index < -0.39 is 0 Å². The van der Waals surface area contributed by atoms with E-state index in [2.05, 4.69) is 265 Å². The monoisotopic (exact) mass is 1280 g/mol. The van der Waals surface area contributed by atoms with E-state index in [1.807, 2.05) is 131 Å². The quantitative estimate of drug-likeness (QED) is 0.174. The topological polar surface area (TPSA) is 37.0 Å². The zero-order chi connectivity index (χ0) is 71.0. The molecule has 5 heterocycles. The largest absolute Gasteiger partial charge is 0.344 e. The lowest BCUT2D eigenvalue weighted by Gasteiger charge is -2.07. The molecule has 0 saturated carbocycles. The minimum absolute atomic E-state index is 0.931. The van der Waals surface area contributed by atoms with E-state index in [-0.39, 0.29) is 0 Å². The summed E-state index contributed by atoms with van der Waals surface area (Å²) in [5, 5.41) is 5.54. The maximum absolute atomic E-state index is 4.75. The summed E-state index contributed by atoms with van der Waals surface area (Å²) in [4.78, 5) is 4.75. The highest BCUT2D eigenvalue weighted by molar-refractivity contribution is 6.14. The second-order valence-corrected chi connectivity index (χ2v) is 20.9. The predicted molar refractivity (Wildman–Crippen MR) is 432 cm³/mol. The summed E-state index contributed by atoms with van der Waals surface area (Å²) < 4.78 is 11.8. The number of nitrogens with zero attached hydrogens (tertiary/aromatic N) is 6. The third kappa shape index (κ3) is 16.0. The molecular weight excluding hydrogens is 1170 g/mol. The first kappa shape index (κ1) is 79.6. The Morgan fingerprint density at radius 1 is 0.312 bits per heavy atom. The summed E-state index contributed by atoms with van der Waals surface area (Å²) >= 11 is 0. The number of rotatable bonds is 3. The van der Waals surface area contributed by atoms with E-state index >= 15 is 0 Å². The molecule has 0 saturated heterocycles. The molecule has 14 aromatic rings. The molecule has 0 atom stereocenters. The van der Waals surface area contributed by atoms with Crippen molar-refractivity contribution in [2.45, 2.75) is 205 Å². The Hall–Kier alpha value is -8.87. The number of hydrogen-bond donors (Lipinski definition) is 0. The fourth-order valence-corrected chi connectivity index (χ4v) is 13.2. The first-order valence-corrected chi connectivity index (χ1v) is 37.2. The molecule has 0 aliphatic heterocycles. The summed E-state index contributed by atoms with van der Waals surface area (Å²) in [5.41, 5.74) is 27.6. The van der Waals surface area contributed by atoms with Gasteiger partial charge in [-0.15, -0.1) is 0 Å². The van der Waals surface area contributed by atoms with E-state index in [9.17, 15) is 0 Å². The molecule has 96 heavy (non-hydrogen) atoms. The fourth-order valence-electron chi connectivity index (χ4n) is 13.2. The first-order chi connectivity index (χ1) is 47.5. The summed E-state index contributed by atoms with van der Waals surface area (Å²) in [7, 11) is 2.19. The van der Waals surface area contributed by atoms with Crippen LogP contribution >= 0.6 is 0 Å². The van der Waals surface area contributed by atoms with Crippen LogP contribution in [-0.2, 0) is 45.9 Å². The van der Waals surface area contributed by atoms with Crippen LogP contribution in [-0.4, -0.2) is 27.7 Å². The molecule has 0 radical (unpaired) electrons. The molecule has 0 N–H and O–H groups in total. The van der Waals surface area contributed by atoms with E-state index in [4.69, 9.17) is 4.98 Å². The van der Waals surface area contributed by atoms with E-state index in [0.29, 0.717) is 0 Å². The highest BCUT2D eigenvalue weighted by Gasteiger charge is 2.27. The van der Waals surface area contributed by atoms with Crippen molar-refractivity contribution in [3.63, 3.8) is 0 Å². The van der Waals surface area contributed by atoms with Crippen LogP contribution in [0.5, 0.6) is 0 Å². The second-order valence-electron chi connectivity index (χ2n) is 20.9. The minimum Gasteiger partial charge on any atom is -0.344 e. The normalized spacial score (nSPS) is 10.5. The minimum atomic E-state index is 0.931. The zero-order valence-corrected chi connectivity index (χ0v) is 63.8. The van der Waals surface area contributed by atoms with Crippen molar-refractivity contribution in [3.05, 3.63) is 240 Å². The molecule has 510 valence electrons. The molecule has 0 spiro atoms. The van der Waals surface area contributed by atoms with Gasteiger partial charge in [-0.05, 0) is 109 Å². The van der Waals surface area contributed by atoms with Crippen LogP contribution in [0.3, 0.4) is 0 Å². The average molecular weight is 1290 g/mol. The van der Waals surface area contributed by atoms with Gasteiger partial charge < -0.3 is 18.3 Å². The number of aryl methyl sites for hydroxylation is 4. The summed E-state index contributed by atoms with van der Waals surface area (Å²) in [6.45, 7) is 49.9. The number of para-hydroxylation sites is 7. The fraction of sp³-hybridized carbons (Fsp3) is 0.344. The van der Waals surface area contributed by atoms with Crippen molar-refractivity contribution in [1.29, 1.82) is 0 Å². The molecule has 6 nitrogen and oxygen atoms in total. The summed E-state index contributed by atoms with van der Waals surface area (Å²) in [6.07, 6.45) is 4.47. The van der Waals surface area contributed by atoms with Crippen molar-refractivity contribution in [2.24, 2.45) is 7.05 Å². The van der Waals surface area contributed by atoms with Crippen molar-refractivity contribution in [1.82, 2.24) is 27.7 Å². The Kier molecular flexibility index (Phi) is 34.1. The Labute approximate surface area is 580 Å². The van der Waals surface area contributed by atoms with Crippen LogP contribution in [0, 0.1) is 0 Å². The van der Waals surface area contributed by atoms with Gasteiger partial charge >= 0.3 is 0 Å². The molecule has 0 fully saturated rings. The van der Waals surface area contributed by atoms with Crippen molar-refractivity contribution >= 4 is 71.5 Å². The number of benzene rings is 9. The lowest BCUT2D eigenvalue weighted by molar-refractivity contribution is 0.759. The molecule has 3 aliphatic rings. The van der Waals surface area contributed by atoms with Crippen LogP contribution < -0.4 is 0 Å². The third-order valence-corrected chi connectivity index (χ3v) is 16.4. The number of aromatic nitrogens is 6. The first-order valence-electron chi connectivity index (χ1n) is 37.2. The zero-order valence-electron chi connectivity index (χ0n) is 63.8. The number of imidazole rings is 2. The van der Waals surface area contributed by atoms with Crippen molar-refractivity contribution < 1.29 is 0 Å². The van der Waals surface area contributed by atoms with Gasteiger partial charge in [0.05, 0.1) is 33.3 Å². The SMILES string of the molecule is CC.CC.CC.CC.CC.CC.CC.CC.CC.CCC.CCn1c2c(c3ccccc31)-c1ccccc1C2.CCn1c2c(c3ccccc31)Cc1ccccc1-2.CCn1c2ccccc2n2c3ccccc3nc12.Cn1c2ccccc2c2ccc3c(c21)-c1ccccc1C3. The smallest absolute Gasteiger partial charge is 0.215 e. The molecule has 0 amide bonds. The van der Waals surface area contributed by atoms with Gasteiger partial charge in [-0.25, -0.2) is 4.98 Å². The van der Waals surface area contributed by atoms with Gasteiger partial charge in [0, 0.05) is 100 Å². The summed E-state index contributed by atoms with van der Waals surface area (Å²) in [5.74, 6) is 1.03. The van der Waals surface area contributed by atoms with Gasteiger partial charge in [0.25, 0.3) is 0 Å². The molecular formula is C90H120N6. The van der Waals surface area contributed by atoms with Gasteiger partial charge in [-0.3, -0.25) is 4.40 Å². The van der Waals surface area contributed by atoms with E-state index in [1.165, 1.54) is 134 Å². The summed E-state index contributed by atoms with van der Waals surface area (Å²) in [6, 6.07) is 74.0. The van der Waals surface area contributed by atoms with Crippen LogP contribution in [0.2, 0.25) is 0 Å². The number of fused-ring (bicyclic) bond motifs is 22. The van der Waals surface area contributed by atoms with Gasteiger partial charge in [0.2, 0.25) is 5.78 Å². The second kappa shape index (κ2) is 41.2. The number of hydrogen-bond acceptors (Lipinski definition) is 1. The standard InChI is InChI=1S/C20H15N.2C17H15N.C15H13N3.C3H8.9C2H6/c1-21-18-9-5-4-8-16(18)17-11-10-14-12-13-6-2-3-7-15(13)19(14)20(17)21;1-2-18-16-10-6-5-9-14(16)15-11-12-7-3-4-8-13(12)17(15)18;1-2-18-15-10-6-5-9-14(15)17-13-8-4-3-7-12(13)11-16(17)18;1-2-17-13-9-5-6-10-14(13)18-12-8-4-3-7-11(12)16-15(17)18;1-3-2;9*1-2/h2-11H,12H2,1H3;2*3-10H,2,11H2,1H3;3-10H,2H2,1H3;3H2,1-2H3;9*1-2H3. The maximum atomic E-state index is 4.75. The van der Waals surface area contributed by atoms with Crippen LogP contribution in [0.25, 0.3) is 105 Å². The predicted octanol–water partition coefficient (Wildman–Crippen LogP) is 27.5. The van der Waals surface area contributed by atoms with Crippen LogP contribution in [0.15, 0.2) is 206 Å². The van der Waals surface area contributed by atoms with Crippen molar-refractivity contribution in [2.75, 3.05) is 0 Å². The molecule has 5 aromatic heterocycles. The highest BCUT2D eigenvalue weighted by Crippen LogP contribution is 2.46. The van der Waals surface area contributed by atoms with Gasteiger partial charge in [0.1, 0.15) is 0 Å². The van der Waals surface area contributed by atoms with Crippen LogP contribution in [0.1, 0.15) is 199 Å². The Bertz CT molecular complexity index is 4560.